The number of rotatable bonds is 4. The summed E-state index contributed by atoms with van der Waals surface area (Å²) in [6, 6.07) is 15.6. The molecule has 7 nitrogen and oxygen atoms in total. The fourth-order valence-corrected chi connectivity index (χ4v) is 1.95. The Kier molecular flexibility index (Phi) is 3.98. The van der Waals surface area contributed by atoms with Gasteiger partial charge in [-0.15, -0.1) is 0 Å². The highest BCUT2D eigenvalue weighted by atomic mass is 16.5. The van der Waals surface area contributed by atoms with Gasteiger partial charge >= 0.3 is 0 Å². The van der Waals surface area contributed by atoms with E-state index in [2.05, 4.69) is 26.6 Å². The van der Waals surface area contributed by atoms with Gasteiger partial charge in [0.25, 0.3) is 5.91 Å². The Morgan fingerprint density at radius 2 is 1.87 bits per heavy atom. The maximum atomic E-state index is 12.3. The van der Waals surface area contributed by atoms with Crippen LogP contribution in [0.15, 0.2) is 54.9 Å². The standard InChI is InChI=1S/C16H11N5O2/c17-9-11-5-1-3-7-13(11)23-14-8-4-2-6-12(14)15(22)20-16-18-10-19-21-16/h1-8,10H,(H2,18,19,20,21,22). The molecule has 1 amide bonds. The van der Waals surface area contributed by atoms with Crippen molar-refractivity contribution in [1.82, 2.24) is 15.2 Å². The van der Waals surface area contributed by atoms with Gasteiger partial charge in [-0.25, -0.2) is 5.10 Å². The van der Waals surface area contributed by atoms with Crippen molar-refractivity contribution in [1.29, 1.82) is 5.26 Å². The van der Waals surface area contributed by atoms with E-state index in [4.69, 9.17) is 10.00 Å². The van der Waals surface area contributed by atoms with E-state index in [1.807, 2.05) is 0 Å². The Hall–Kier alpha value is -3.66. The van der Waals surface area contributed by atoms with Crippen molar-refractivity contribution >= 4 is 11.9 Å². The molecular formula is C16H11N5O2. The van der Waals surface area contributed by atoms with Crippen LogP contribution >= 0.6 is 0 Å². The quantitative estimate of drug-likeness (QED) is 0.771. The number of carbonyl (C=O) groups is 1. The van der Waals surface area contributed by atoms with Crippen LogP contribution < -0.4 is 10.1 Å². The molecule has 0 aliphatic carbocycles. The third kappa shape index (κ3) is 3.16. The van der Waals surface area contributed by atoms with Crippen LogP contribution in [0.4, 0.5) is 5.95 Å². The third-order valence-electron chi connectivity index (χ3n) is 3.01. The summed E-state index contributed by atoms with van der Waals surface area (Å²) in [4.78, 5) is 16.2. The molecule has 0 fully saturated rings. The molecule has 0 radical (unpaired) electrons. The van der Waals surface area contributed by atoms with Crippen molar-refractivity contribution in [3.05, 3.63) is 66.0 Å². The zero-order chi connectivity index (χ0) is 16.1. The average molecular weight is 305 g/mol. The molecule has 3 rings (SSSR count). The van der Waals surface area contributed by atoms with Crippen molar-refractivity contribution in [2.24, 2.45) is 0 Å². The monoisotopic (exact) mass is 305 g/mol. The van der Waals surface area contributed by atoms with Gasteiger partial charge in [0.05, 0.1) is 11.1 Å². The number of amides is 1. The van der Waals surface area contributed by atoms with E-state index in [0.717, 1.165) is 0 Å². The minimum Gasteiger partial charge on any atom is -0.455 e. The number of H-pyrrole nitrogens is 1. The SMILES string of the molecule is N#Cc1ccccc1Oc1ccccc1C(=O)Nc1ncn[nH]1. The number of carbonyl (C=O) groups excluding carboxylic acids is 1. The molecule has 2 N–H and O–H groups in total. The van der Waals surface area contributed by atoms with Gasteiger partial charge in [-0.1, -0.05) is 24.3 Å². The topological polar surface area (TPSA) is 104 Å². The minimum absolute atomic E-state index is 0.238. The molecule has 2 aromatic carbocycles. The van der Waals surface area contributed by atoms with Gasteiger partial charge < -0.3 is 4.74 Å². The fraction of sp³-hybridized carbons (Fsp3) is 0. The summed E-state index contributed by atoms with van der Waals surface area (Å²) in [5, 5.41) is 17.9. The number of nitrogens with zero attached hydrogens (tertiary/aromatic N) is 3. The summed E-state index contributed by atoms with van der Waals surface area (Å²) in [7, 11) is 0. The maximum absolute atomic E-state index is 12.3. The summed E-state index contributed by atoms with van der Waals surface area (Å²) in [6.45, 7) is 0. The van der Waals surface area contributed by atoms with Crippen LogP contribution in [0.2, 0.25) is 0 Å². The number of nitriles is 1. The number of hydrogen-bond donors (Lipinski definition) is 2. The Morgan fingerprint density at radius 3 is 2.61 bits per heavy atom. The van der Waals surface area contributed by atoms with Gasteiger partial charge in [-0.2, -0.15) is 15.3 Å². The van der Waals surface area contributed by atoms with E-state index in [1.165, 1.54) is 6.33 Å². The van der Waals surface area contributed by atoms with Crippen LogP contribution in [0.3, 0.4) is 0 Å². The van der Waals surface area contributed by atoms with Gasteiger partial charge in [0, 0.05) is 0 Å². The van der Waals surface area contributed by atoms with Gasteiger partial charge in [-0.05, 0) is 24.3 Å². The molecule has 0 saturated carbocycles. The van der Waals surface area contributed by atoms with Crippen LogP contribution in [-0.4, -0.2) is 21.1 Å². The van der Waals surface area contributed by atoms with Crippen molar-refractivity contribution in [2.75, 3.05) is 5.32 Å². The Morgan fingerprint density at radius 1 is 1.13 bits per heavy atom. The second-order valence-corrected chi connectivity index (χ2v) is 4.49. The maximum Gasteiger partial charge on any atom is 0.261 e. The Bertz CT molecular complexity index is 868. The number of benzene rings is 2. The molecule has 112 valence electrons. The average Bonchev–Trinajstić information content (AvgIpc) is 3.09. The van der Waals surface area contributed by atoms with Crippen LogP contribution in [0.25, 0.3) is 0 Å². The molecule has 3 aromatic rings. The van der Waals surface area contributed by atoms with Crippen molar-refractivity contribution in [3.63, 3.8) is 0 Å². The van der Waals surface area contributed by atoms with Crippen LogP contribution in [0.1, 0.15) is 15.9 Å². The first-order valence-electron chi connectivity index (χ1n) is 6.70. The second kappa shape index (κ2) is 6.41. The lowest BCUT2D eigenvalue weighted by atomic mass is 10.1. The first-order chi connectivity index (χ1) is 11.3. The van der Waals surface area contributed by atoms with Crippen molar-refractivity contribution in [3.8, 4) is 17.6 Å². The lowest BCUT2D eigenvalue weighted by Gasteiger charge is -2.11. The summed E-state index contributed by atoms with van der Waals surface area (Å²) in [5.41, 5.74) is 0.703. The third-order valence-corrected chi connectivity index (χ3v) is 3.01. The van der Waals surface area contributed by atoms with Gasteiger partial charge in [0.15, 0.2) is 0 Å². The molecule has 0 aliphatic rings. The predicted octanol–water partition coefficient (Wildman–Crippen LogP) is 2.72. The first-order valence-corrected chi connectivity index (χ1v) is 6.70. The Balaban J connectivity index is 1.89. The number of hydrogen-bond acceptors (Lipinski definition) is 5. The molecule has 7 heteroatoms. The molecule has 0 spiro atoms. The normalized spacial score (nSPS) is 9.87. The zero-order valence-corrected chi connectivity index (χ0v) is 11.9. The van der Waals surface area contributed by atoms with Crippen LogP contribution in [-0.2, 0) is 0 Å². The summed E-state index contributed by atoms with van der Waals surface area (Å²) in [5.74, 6) is 0.566. The van der Waals surface area contributed by atoms with Crippen LogP contribution in [0.5, 0.6) is 11.5 Å². The summed E-state index contributed by atoms with van der Waals surface area (Å²) >= 11 is 0. The highest BCUT2D eigenvalue weighted by Gasteiger charge is 2.15. The fourth-order valence-electron chi connectivity index (χ4n) is 1.95. The second-order valence-electron chi connectivity index (χ2n) is 4.49. The number of nitrogens with one attached hydrogen (secondary N) is 2. The number of aromatic nitrogens is 3. The molecule has 1 aromatic heterocycles. The first kappa shape index (κ1) is 14.3. The molecule has 0 bridgehead atoms. The van der Waals surface area contributed by atoms with E-state index in [0.29, 0.717) is 22.6 Å². The molecule has 0 saturated heterocycles. The lowest BCUT2D eigenvalue weighted by Crippen LogP contribution is -2.14. The van der Waals surface area contributed by atoms with Crippen LogP contribution in [0, 0.1) is 11.3 Å². The Labute approximate surface area is 131 Å². The van der Waals surface area contributed by atoms with Gasteiger partial charge in [0.1, 0.15) is 23.9 Å². The highest BCUT2D eigenvalue weighted by molar-refractivity contribution is 6.05. The molecular weight excluding hydrogens is 294 g/mol. The van der Waals surface area contributed by atoms with E-state index in [1.54, 1.807) is 48.5 Å². The van der Waals surface area contributed by atoms with E-state index >= 15 is 0 Å². The number of aromatic amines is 1. The van der Waals surface area contributed by atoms with Crippen molar-refractivity contribution in [2.45, 2.75) is 0 Å². The van der Waals surface area contributed by atoms with Crippen molar-refractivity contribution < 1.29 is 9.53 Å². The summed E-state index contributed by atoms with van der Waals surface area (Å²) in [6.07, 6.45) is 1.29. The van der Waals surface area contributed by atoms with E-state index in [-0.39, 0.29) is 5.95 Å². The van der Waals surface area contributed by atoms with E-state index < -0.39 is 5.91 Å². The highest BCUT2D eigenvalue weighted by Crippen LogP contribution is 2.28. The van der Waals surface area contributed by atoms with Gasteiger partial charge in [0.2, 0.25) is 5.95 Å². The number of ether oxygens (including phenoxy) is 1. The van der Waals surface area contributed by atoms with Gasteiger partial charge in [-0.3, -0.25) is 10.1 Å². The lowest BCUT2D eigenvalue weighted by molar-refractivity contribution is 0.102. The smallest absolute Gasteiger partial charge is 0.261 e. The zero-order valence-electron chi connectivity index (χ0n) is 11.9. The molecule has 0 unspecified atom stereocenters. The molecule has 23 heavy (non-hydrogen) atoms. The number of para-hydroxylation sites is 2. The summed E-state index contributed by atoms with van der Waals surface area (Å²) < 4.78 is 5.74. The predicted molar refractivity (Wildman–Crippen MR) is 82.0 cm³/mol. The largest absolute Gasteiger partial charge is 0.455 e. The molecule has 1 heterocycles. The molecule has 0 atom stereocenters. The number of anilines is 1. The van der Waals surface area contributed by atoms with E-state index in [9.17, 15) is 4.79 Å². The molecule has 0 aliphatic heterocycles. The minimum atomic E-state index is -0.396.